The molecule has 0 fully saturated rings. The van der Waals surface area contributed by atoms with Gasteiger partial charge in [-0.25, -0.2) is 4.98 Å². The van der Waals surface area contributed by atoms with E-state index in [9.17, 15) is 0 Å². The van der Waals surface area contributed by atoms with Crippen LogP contribution in [0.4, 0.5) is 0 Å². The molecule has 1 atom stereocenters. The Morgan fingerprint density at radius 3 is 2.94 bits per heavy atom. The zero-order valence-electron chi connectivity index (χ0n) is 8.76. The molecule has 0 saturated carbocycles. The highest BCUT2D eigenvalue weighted by atomic mass is 35.5. The van der Waals surface area contributed by atoms with Gasteiger partial charge in [0.1, 0.15) is 5.50 Å². The number of benzene rings is 1. The second-order valence-electron chi connectivity index (χ2n) is 3.47. The Morgan fingerprint density at radius 2 is 2.31 bits per heavy atom. The third-order valence-electron chi connectivity index (χ3n) is 2.30. The SMILES string of the molecule is CC(Cl)n1cnc(-c2cccc(C#N)c2)c1. The lowest BCUT2D eigenvalue weighted by molar-refractivity contribution is 0.727. The van der Waals surface area contributed by atoms with Crippen molar-refractivity contribution in [2.45, 2.75) is 12.4 Å². The highest BCUT2D eigenvalue weighted by molar-refractivity contribution is 6.18. The van der Waals surface area contributed by atoms with E-state index in [1.807, 2.05) is 35.9 Å². The summed E-state index contributed by atoms with van der Waals surface area (Å²) in [6, 6.07) is 9.45. The van der Waals surface area contributed by atoms with Crippen molar-refractivity contribution in [3.05, 3.63) is 42.4 Å². The van der Waals surface area contributed by atoms with E-state index < -0.39 is 0 Å². The highest BCUT2D eigenvalue weighted by Crippen LogP contribution is 2.20. The summed E-state index contributed by atoms with van der Waals surface area (Å²) in [7, 11) is 0. The zero-order chi connectivity index (χ0) is 11.5. The van der Waals surface area contributed by atoms with Crippen molar-refractivity contribution in [2.24, 2.45) is 0 Å². The fraction of sp³-hybridized carbons (Fsp3) is 0.167. The molecule has 0 amide bonds. The molecule has 2 rings (SSSR count). The van der Waals surface area contributed by atoms with Gasteiger partial charge in [-0.3, -0.25) is 0 Å². The van der Waals surface area contributed by atoms with E-state index in [0.717, 1.165) is 11.3 Å². The molecule has 1 unspecified atom stereocenters. The molecular weight excluding hydrogens is 222 g/mol. The van der Waals surface area contributed by atoms with Crippen LogP contribution in [0, 0.1) is 11.3 Å². The molecule has 0 saturated heterocycles. The molecule has 2 aromatic rings. The molecule has 0 spiro atoms. The first-order valence-corrected chi connectivity index (χ1v) is 5.32. The number of hydrogen-bond acceptors (Lipinski definition) is 2. The third-order valence-corrected chi connectivity index (χ3v) is 2.53. The van der Waals surface area contributed by atoms with Gasteiger partial charge < -0.3 is 4.57 Å². The van der Waals surface area contributed by atoms with Crippen LogP contribution in [0.3, 0.4) is 0 Å². The van der Waals surface area contributed by atoms with E-state index in [1.165, 1.54) is 0 Å². The number of nitrogens with zero attached hydrogens (tertiary/aromatic N) is 3. The lowest BCUT2D eigenvalue weighted by atomic mass is 10.1. The molecule has 0 aliphatic rings. The predicted octanol–water partition coefficient (Wildman–Crippen LogP) is 3.18. The predicted molar refractivity (Wildman–Crippen MR) is 62.9 cm³/mol. The van der Waals surface area contributed by atoms with Gasteiger partial charge in [0.05, 0.1) is 23.7 Å². The molecule has 3 nitrogen and oxygen atoms in total. The van der Waals surface area contributed by atoms with E-state index in [-0.39, 0.29) is 5.50 Å². The number of imidazole rings is 1. The minimum atomic E-state index is -0.125. The topological polar surface area (TPSA) is 41.6 Å². The van der Waals surface area contributed by atoms with Crippen LogP contribution >= 0.6 is 11.6 Å². The Bertz CT molecular complexity index is 537. The van der Waals surface area contributed by atoms with Crippen LogP contribution in [0.15, 0.2) is 36.8 Å². The normalized spacial score (nSPS) is 12.1. The van der Waals surface area contributed by atoms with Crippen molar-refractivity contribution >= 4 is 11.6 Å². The molecule has 0 radical (unpaired) electrons. The number of hydrogen-bond donors (Lipinski definition) is 0. The summed E-state index contributed by atoms with van der Waals surface area (Å²) >= 11 is 5.93. The van der Waals surface area contributed by atoms with Gasteiger partial charge >= 0.3 is 0 Å². The van der Waals surface area contributed by atoms with E-state index in [4.69, 9.17) is 16.9 Å². The smallest absolute Gasteiger partial charge is 0.106 e. The van der Waals surface area contributed by atoms with Crippen LogP contribution < -0.4 is 0 Å². The average Bonchev–Trinajstić information content (AvgIpc) is 2.78. The lowest BCUT2D eigenvalue weighted by Gasteiger charge is -2.01. The van der Waals surface area contributed by atoms with Gasteiger partial charge in [-0.2, -0.15) is 5.26 Å². The van der Waals surface area contributed by atoms with Crippen LogP contribution in [0.5, 0.6) is 0 Å². The first-order chi connectivity index (χ1) is 7.70. The number of aromatic nitrogens is 2. The number of halogens is 1. The van der Waals surface area contributed by atoms with Crippen LogP contribution in [-0.4, -0.2) is 9.55 Å². The Labute approximate surface area is 98.9 Å². The van der Waals surface area contributed by atoms with E-state index in [0.29, 0.717) is 5.56 Å². The minimum Gasteiger partial charge on any atom is -0.320 e. The number of nitriles is 1. The number of rotatable bonds is 2. The van der Waals surface area contributed by atoms with Crippen molar-refractivity contribution in [1.82, 2.24) is 9.55 Å². The molecule has 1 heterocycles. The maximum atomic E-state index is 8.81. The van der Waals surface area contributed by atoms with E-state index in [1.54, 1.807) is 12.4 Å². The second-order valence-corrected chi connectivity index (χ2v) is 4.10. The minimum absolute atomic E-state index is 0.125. The first kappa shape index (κ1) is 10.7. The molecule has 1 aromatic carbocycles. The van der Waals surface area contributed by atoms with Crippen LogP contribution in [0.1, 0.15) is 18.0 Å². The summed E-state index contributed by atoms with van der Waals surface area (Å²) in [6.07, 6.45) is 3.56. The van der Waals surface area contributed by atoms with E-state index >= 15 is 0 Å². The molecule has 4 heteroatoms. The summed E-state index contributed by atoms with van der Waals surface area (Å²) in [5.74, 6) is 0. The first-order valence-electron chi connectivity index (χ1n) is 4.89. The molecule has 0 bridgehead atoms. The third kappa shape index (κ3) is 2.07. The van der Waals surface area contributed by atoms with Gasteiger partial charge in [-0.15, -0.1) is 0 Å². The van der Waals surface area contributed by atoms with Gasteiger partial charge in [0.25, 0.3) is 0 Å². The molecular formula is C12H10ClN3. The van der Waals surface area contributed by atoms with Crippen molar-refractivity contribution in [2.75, 3.05) is 0 Å². The van der Waals surface area contributed by atoms with Gasteiger partial charge in [-0.1, -0.05) is 23.7 Å². The average molecular weight is 232 g/mol. The maximum absolute atomic E-state index is 8.81. The zero-order valence-corrected chi connectivity index (χ0v) is 9.52. The second kappa shape index (κ2) is 4.38. The highest BCUT2D eigenvalue weighted by Gasteiger charge is 2.05. The Morgan fingerprint density at radius 1 is 1.50 bits per heavy atom. The van der Waals surface area contributed by atoms with E-state index in [2.05, 4.69) is 11.1 Å². The number of alkyl halides is 1. The largest absolute Gasteiger partial charge is 0.320 e. The summed E-state index contributed by atoms with van der Waals surface area (Å²) in [5.41, 5.74) is 2.26. The van der Waals surface area contributed by atoms with Crippen molar-refractivity contribution in [3.63, 3.8) is 0 Å². The standard InChI is InChI=1S/C12H10ClN3/c1-9(13)16-7-12(15-8-16)11-4-2-3-10(5-11)6-14/h2-5,7-9H,1H3. The van der Waals surface area contributed by atoms with Crippen molar-refractivity contribution in [1.29, 1.82) is 5.26 Å². The molecule has 0 N–H and O–H groups in total. The molecule has 0 aliphatic carbocycles. The molecule has 16 heavy (non-hydrogen) atoms. The summed E-state index contributed by atoms with van der Waals surface area (Å²) in [6.45, 7) is 1.87. The van der Waals surface area contributed by atoms with Crippen LogP contribution in [0.2, 0.25) is 0 Å². The quantitative estimate of drug-likeness (QED) is 0.745. The Balaban J connectivity index is 2.39. The molecule has 0 aliphatic heterocycles. The maximum Gasteiger partial charge on any atom is 0.106 e. The monoisotopic (exact) mass is 231 g/mol. The molecule has 1 aromatic heterocycles. The van der Waals surface area contributed by atoms with Crippen LogP contribution in [-0.2, 0) is 0 Å². The Kier molecular flexibility index (Phi) is 2.93. The molecule has 80 valence electrons. The van der Waals surface area contributed by atoms with Gasteiger partial charge in [0, 0.05) is 11.8 Å². The fourth-order valence-corrected chi connectivity index (χ4v) is 1.54. The summed E-state index contributed by atoms with van der Waals surface area (Å²) < 4.78 is 1.82. The van der Waals surface area contributed by atoms with Gasteiger partial charge in [0.2, 0.25) is 0 Å². The van der Waals surface area contributed by atoms with Gasteiger partial charge in [0.15, 0.2) is 0 Å². The van der Waals surface area contributed by atoms with Gasteiger partial charge in [-0.05, 0) is 19.1 Å². The summed E-state index contributed by atoms with van der Waals surface area (Å²) in [5, 5.41) is 8.81. The van der Waals surface area contributed by atoms with Crippen molar-refractivity contribution in [3.8, 4) is 17.3 Å². The fourth-order valence-electron chi connectivity index (χ4n) is 1.43. The Hall–Kier alpha value is -1.79. The summed E-state index contributed by atoms with van der Waals surface area (Å²) in [4.78, 5) is 4.25. The van der Waals surface area contributed by atoms with Crippen molar-refractivity contribution < 1.29 is 0 Å². The lowest BCUT2D eigenvalue weighted by Crippen LogP contribution is -1.92. The van der Waals surface area contributed by atoms with Crippen LogP contribution in [0.25, 0.3) is 11.3 Å².